The molecule has 0 aromatic heterocycles. The minimum absolute atomic E-state index is 0.000941. The summed E-state index contributed by atoms with van der Waals surface area (Å²) >= 11 is 0. The van der Waals surface area contributed by atoms with Crippen LogP contribution < -0.4 is 5.32 Å². The van der Waals surface area contributed by atoms with Crippen LogP contribution in [0, 0.1) is 0 Å². The molecule has 2 unspecified atom stereocenters. The maximum Gasteiger partial charge on any atom is 0.0613 e. The van der Waals surface area contributed by atoms with Gasteiger partial charge < -0.3 is 20.2 Å². The predicted molar refractivity (Wildman–Crippen MR) is 88.6 cm³/mol. The van der Waals surface area contributed by atoms with Gasteiger partial charge in [-0.3, -0.25) is 0 Å². The lowest BCUT2D eigenvalue weighted by Crippen LogP contribution is -2.56. The molecule has 0 saturated heterocycles. The molecule has 2 saturated carbocycles. The van der Waals surface area contributed by atoms with Gasteiger partial charge in [-0.05, 0) is 78.7 Å². The number of hydrogen-bond donors (Lipinski definition) is 2. The van der Waals surface area contributed by atoms with Crippen LogP contribution in [-0.4, -0.2) is 72.9 Å². The van der Waals surface area contributed by atoms with Crippen LogP contribution >= 0.6 is 0 Å². The first-order valence-electron chi connectivity index (χ1n) is 8.86. The van der Waals surface area contributed by atoms with Crippen LogP contribution in [0.2, 0.25) is 0 Å². The molecular weight excluding hydrogens is 262 g/mol. The molecule has 2 rings (SSSR count). The average Bonchev–Trinajstić information content (AvgIpc) is 3.27. The van der Waals surface area contributed by atoms with Crippen molar-refractivity contribution in [2.24, 2.45) is 0 Å². The van der Waals surface area contributed by atoms with Gasteiger partial charge >= 0.3 is 0 Å². The molecule has 2 aliphatic carbocycles. The minimum Gasteiger partial charge on any atom is -0.394 e. The van der Waals surface area contributed by atoms with Crippen molar-refractivity contribution >= 4 is 0 Å². The fourth-order valence-corrected chi connectivity index (χ4v) is 3.81. The van der Waals surface area contributed by atoms with E-state index in [1.165, 1.54) is 38.6 Å². The average molecular weight is 297 g/mol. The normalized spacial score (nSPS) is 30.3. The highest BCUT2D eigenvalue weighted by Crippen LogP contribution is 2.34. The van der Waals surface area contributed by atoms with Gasteiger partial charge in [-0.2, -0.15) is 0 Å². The summed E-state index contributed by atoms with van der Waals surface area (Å²) in [6, 6.07) is 1.32. The third kappa shape index (κ3) is 5.20. The largest absolute Gasteiger partial charge is 0.394 e. The minimum atomic E-state index is -0.000941. The molecule has 2 atom stereocenters. The van der Waals surface area contributed by atoms with Gasteiger partial charge in [0.2, 0.25) is 0 Å². The van der Waals surface area contributed by atoms with Gasteiger partial charge in [0.05, 0.1) is 6.61 Å². The Morgan fingerprint density at radius 3 is 2.52 bits per heavy atom. The number of rotatable bonds is 9. The summed E-state index contributed by atoms with van der Waals surface area (Å²) in [5.74, 6) is 0. The zero-order valence-corrected chi connectivity index (χ0v) is 14.3. The molecule has 124 valence electrons. The fourth-order valence-electron chi connectivity index (χ4n) is 3.81. The van der Waals surface area contributed by atoms with Gasteiger partial charge in [0.25, 0.3) is 0 Å². The highest BCUT2D eigenvalue weighted by Gasteiger charge is 2.40. The molecule has 21 heavy (non-hydrogen) atoms. The number of hydrogen-bond acceptors (Lipinski definition) is 4. The Morgan fingerprint density at radius 2 is 1.95 bits per heavy atom. The first-order chi connectivity index (χ1) is 10.1. The van der Waals surface area contributed by atoms with Crippen molar-refractivity contribution in [2.75, 3.05) is 40.3 Å². The number of aliphatic hydroxyl groups excluding tert-OH is 1. The van der Waals surface area contributed by atoms with Crippen molar-refractivity contribution in [1.82, 2.24) is 15.1 Å². The first kappa shape index (κ1) is 17.2. The lowest BCUT2D eigenvalue weighted by molar-refractivity contribution is 0.0587. The Morgan fingerprint density at radius 1 is 1.19 bits per heavy atom. The summed E-state index contributed by atoms with van der Waals surface area (Å²) < 4.78 is 0. The highest BCUT2D eigenvalue weighted by molar-refractivity contribution is 5.00. The predicted octanol–water partition coefficient (Wildman–Crippen LogP) is 1.69. The zero-order chi connectivity index (χ0) is 15.3. The lowest BCUT2D eigenvalue weighted by Gasteiger charge is -2.44. The van der Waals surface area contributed by atoms with Crippen molar-refractivity contribution < 1.29 is 5.11 Å². The summed E-state index contributed by atoms with van der Waals surface area (Å²) in [7, 11) is 4.29. The molecule has 2 N–H and O–H groups in total. The van der Waals surface area contributed by atoms with Crippen molar-refractivity contribution in [3.05, 3.63) is 0 Å². The van der Waals surface area contributed by atoms with E-state index in [0.717, 1.165) is 25.9 Å². The number of nitrogens with one attached hydrogen (secondary N) is 1. The van der Waals surface area contributed by atoms with Gasteiger partial charge in [-0.25, -0.2) is 0 Å². The molecule has 0 aromatic carbocycles. The van der Waals surface area contributed by atoms with Crippen LogP contribution in [0.15, 0.2) is 0 Å². The summed E-state index contributed by atoms with van der Waals surface area (Å²) in [5, 5.41) is 13.7. The van der Waals surface area contributed by atoms with Crippen molar-refractivity contribution in [1.29, 1.82) is 0 Å². The third-order valence-corrected chi connectivity index (χ3v) is 5.18. The van der Waals surface area contributed by atoms with Gasteiger partial charge in [0.1, 0.15) is 0 Å². The molecule has 4 heteroatoms. The summed E-state index contributed by atoms with van der Waals surface area (Å²) in [5.41, 5.74) is -0.000941. The van der Waals surface area contributed by atoms with Gasteiger partial charge in [-0.15, -0.1) is 0 Å². The Balaban J connectivity index is 1.87. The van der Waals surface area contributed by atoms with E-state index in [0.29, 0.717) is 18.7 Å². The van der Waals surface area contributed by atoms with Crippen LogP contribution in [0.5, 0.6) is 0 Å². The standard InChI is InChI=1S/C17H35N3O/c1-4-20(12-6-11-19(2)3)16-7-5-10-17(13-16,14-21)18-15-8-9-15/h15-16,18,21H,4-14H2,1-3H3. The monoisotopic (exact) mass is 297 g/mol. The third-order valence-electron chi connectivity index (χ3n) is 5.18. The van der Waals surface area contributed by atoms with E-state index in [9.17, 15) is 5.11 Å². The van der Waals surface area contributed by atoms with Gasteiger partial charge in [-0.1, -0.05) is 6.92 Å². The van der Waals surface area contributed by atoms with E-state index in [1.54, 1.807) is 0 Å². The maximum atomic E-state index is 9.95. The second-order valence-electron chi connectivity index (χ2n) is 7.39. The van der Waals surface area contributed by atoms with Crippen LogP contribution in [-0.2, 0) is 0 Å². The molecule has 4 nitrogen and oxygen atoms in total. The van der Waals surface area contributed by atoms with Crippen LogP contribution in [0.25, 0.3) is 0 Å². The Bertz CT molecular complexity index is 306. The number of nitrogens with zero attached hydrogens (tertiary/aromatic N) is 2. The van der Waals surface area contributed by atoms with Crippen LogP contribution in [0.3, 0.4) is 0 Å². The summed E-state index contributed by atoms with van der Waals surface area (Å²) in [4.78, 5) is 4.91. The van der Waals surface area contributed by atoms with E-state index in [4.69, 9.17) is 0 Å². The van der Waals surface area contributed by atoms with E-state index in [1.807, 2.05) is 0 Å². The fraction of sp³-hybridized carbons (Fsp3) is 1.00. The second kappa shape index (κ2) is 7.91. The molecule has 0 amide bonds. The second-order valence-corrected chi connectivity index (χ2v) is 7.39. The smallest absolute Gasteiger partial charge is 0.0613 e. The van der Waals surface area contributed by atoms with E-state index >= 15 is 0 Å². The Labute approximate surface area is 130 Å². The van der Waals surface area contributed by atoms with Gasteiger partial charge in [0, 0.05) is 17.6 Å². The molecule has 2 fully saturated rings. The van der Waals surface area contributed by atoms with Crippen LogP contribution in [0.1, 0.15) is 51.9 Å². The number of aliphatic hydroxyl groups is 1. The molecule has 0 aromatic rings. The van der Waals surface area contributed by atoms with Gasteiger partial charge in [0.15, 0.2) is 0 Å². The quantitative estimate of drug-likeness (QED) is 0.679. The molecule has 0 aliphatic heterocycles. The summed E-state index contributed by atoms with van der Waals surface area (Å²) in [6.07, 6.45) is 8.64. The summed E-state index contributed by atoms with van der Waals surface area (Å²) in [6.45, 7) is 6.05. The highest BCUT2D eigenvalue weighted by atomic mass is 16.3. The van der Waals surface area contributed by atoms with Crippen molar-refractivity contribution in [2.45, 2.75) is 69.5 Å². The molecule has 0 heterocycles. The van der Waals surface area contributed by atoms with E-state index in [2.05, 4.69) is 36.1 Å². The zero-order valence-electron chi connectivity index (χ0n) is 14.3. The Hall–Kier alpha value is -0.160. The lowest BCUT2D eigenvalue weighted by atomic mass is 9.78. The molecule has 2 aliphatic rings. The Kier molecular flexibility index (Phi) is 6.48. The molecule has 0 radical (unpaired) electrons. The molecule has 0 bridgehead atoms. The first-order valence-corrected chi connectivity index (χ1v) is 8.86. The van der Waals surface area contributed by atoms with E-state index in [-0.39, 0.29) is 5.54 Å². The SMILES string of the molecule is CCN(CCCN(C)C)C1CCCC(CO)(NC2CC2)C1. The van der Waals surface area contributed by atoms with Crippen LogP contribution in [0.4, 0.5) is 0 Å². The van der Waals surface area contributed by atoms with E-state index < -0.39 is 0 Å². The molecule has 0 spiro atoms. The van der Waals surface area contributed by atoms with Crippen molar-refractivity contribution in [3.63, 3.8) is 0 Å². The maximum absolute atomic E-state index is 9.95. The topological polar surface area (TPSA) is 38.7 Å². The van der Waals surface area contributed by atoms with Crippen molar-refractivity contribution in [3.8, 4) is 0 Å². The molecular formula is C17H35N3O.